The number of fused-ring (bicyclic) bond motifs is 1. The van der Waals surface area contributed by atoms with Crippen molar-refractivity contribution in [3.63, 3.8) is 0 Å². The minimum absolute atomic E-state index is 0.0852. The summed E-state index contributed by atoms with van der Waals surface area (Å²) >= 11 is 5.85. The highest BCUT2D eigenvalue weighted by atomic mass is 35.5. The van der Waals surface area contributed by atoms with Gasteiger partial charge in [0, 0.05) is 50.9 Å². The van der Waals surface area contributed by atoms with Crippen LogP contribution in [0.3, 0.4) is 0 Å². The number of H-pyrrole nitrogens is 1. The molecule has 0 aliphatic carbocycles. The van der Waals surface area contributed by atoms with Crippen molar-refractivity contribution < 1.29 is 9.18 Å². The third-order valence-electron chi connectivity index (χ3n) is 6.01. The number of amides is 1. The van der Waals surface area contributed by atoms with Crippen LogP contribution < -0.4 is 11.1 Å². The molecular weight excluding hydrogens is 437 g/mol. The number of hydrogen-bond acceptors (Lipinski definition) is 4. The van der Waals surface area contributed by atoms with Gasteiger partial charge in [0.1, 0.15) is 5.82 Å². The number of benzene rings is 1. The number of aromatic amines is 1. The van der Waals surface area contributed by atoms with Gasteiger partial charge >= 0.3 is 0 Å². The lowest BCUT2D eigenvalue weighted by Crippen LogP contribution is -2.47. The first-order chi connectivity index (χ1) is 15.3. The van der Waals surface area contributed by atoms with Crippen LogP contribution in [0.15, 0.2) is 33.9 Å². The molecule has 170 valence electrons. The highest BCUT2D eigenvalue weighted by Crippen LogP contribution is 2.19. The molecule has 8 nitrogen and oxygen atoms in total. The minimum atomic E-state index is -0.582. The van der Waals surface area contributed by atoms with Gasteiger partial charge in [-0.05, 0) is 38.6 Å². The molecule has 10 heteroatoms. The van der Waals surface area contributed by atoms with Gasteiger partial charge in [-0.15, -0.1) is 0 Å². The Morgan fingerprint density at radius 3 is 2.56 bits per heavy atom. The molecule has 3 aromatic rings. The molecule has 0 saturated carbocycles. The maximum atomic E-state index is 13.5. The molecule has 1 aromatic carbocycles. The summed E-state index contributed by atoms with van der Waals surface area (Å²) in [5.41, 5.74) is 0.666. The third-order valence-corrected chi connectivity index (χ3v) is 6.30. The first-order valence-electron chi connectivity index (χ1n) is 10.5. The smallest absolute Gasteiger partial charge is 0.280 e. The number of piperazine rings is 1. The molecule has 1 aliphatic rings. The largest absolute Gasteiger partial charge is 0.340 e. The molecule has 0 spiro atoms. The number of pyridine rings is 1. The Morgan fingerprint density at radius 1 is 1.16 bits per heavy atom. The number of carbonyl (C=O) groups is 1. The summed E-state index contributed by atoms with van der Waals surface area (Å²) in [5.74, 6) is -0.497. The monoisotopic (exact) mass is 461 g/mol. The predicted molar refractivity (Wildman–Crippen MR) is 121 cm³/mol. The summed E-state index contributed by atoms with van der Waals surface area (Å²) in [6, 6.07) is 5.33. The van der Waals surface area contributed by atoms with Crippen molar-refractivity contribution in [2.75, 3.05) is 33.2 Å². The summed E-state index contributed by atoms with van der Waals surface area (Å²) in [6.07, 6.45) is 0.850. The summed E-state index contributed by atoms with van der Waals surface area (Å²) in [7, 11) is 2.03. The first-order valence-corrected chi connectivity index (χ1v) is 10.9. The van der Waals surface area contributed by atoms with Crippen molar-refractivity contribution in [2.45, 2.75) is 26.3 Å². The Labute approximate surface area is 188 Å². The third kappa shape index (κ3) is 4.22. The number of nitrogens with one attached hydrogen (secondary N) is 1. The fourth-order valence-corrected chi connectivity index (χ4v) is 4.27. The average Bonchev–Trinajstić information content (AvgIpc) is 3.09. The Hall–Kier alpha value is -2.91. The summed E-state index contributed by atoms with van der Waals surface area (Å²) in [4.78, 5) is 42.2. The molecule has 1 amide bonds. The average molecular weight is 462 g/mol. The molecule has 3 heterocycles. The number of aryl methyl sites for hydroxylation is 1. The van der Waals surface area contributed by atoms with E-state index in [1.165, 1.54) is 33.5 Å². The Bertz CT molecular complexity index is 1290. The van der Waals surface area contributed by atoms with Crippen LogP contribution in [0, 0.1) is 12.7 Å². The Balaban J connectivity index is 1.56. The molecule has 0 radical (unpaired) electrons. The standard InChI is InChI=1S/C22H25ClFN5O3/c1-14-21-18(25-29(22(21)32)15-5-6-17(24)16(23)12-15)13-20(31)28(14)7-3-4-19(30)27-10-8-26(2)9-11-27/h5-6,12-13,25H,3-4,7-11H2,1-2H3. The molecule has 1 N–H and O–H groups in total. The highest BCUT2D eigenvalue weighted by Gasteiger charge is 2.19. The number of halogens is 2. The number of hydrogen-bond donors (Lipinski definition) is 1. The molecule has 32 heavy (non-hydrogen) atoms. The summed E-state index contributed by atoms with van der Waals surface area (Å²) in [6.45, 7) is 5.21. The van der Waals surface area contributed by atoms with Crippen LogP contribution in [0.25, 0.3) is 16.6 Å². The van der Waals surface area contributed by atoms with Crippen LogP contribution >= 0.6 is 11.6 Å². The van der Waals surface area contributed by atoms with E-state index in [4.69, 9.17) is 11.6 Å². The second-order valence-corrected chi connectivity index (χ2v) is 8.55. The topological polar surface area (TPSA) is 83.3 Å². The van der Waals surface area contributed by atoms with Crippen molar-refractivity contribution in [1.82, 2.24) is 24.1 Å². The SMILES string of the molecule is Cc1c2c(=O)n(-c3ccc(F)c(Cl)c3)[nH]c2cc(=O)n1CCCC(=O)N1CCN(C)CC1. The van der Waals surface area contributed by atoms with Crippen molar-refractivity contribution in [1.29, 1.82) is 0 Å². The molecule has 1 aliphatic heterocycles. The minimum Gasteiger partial charge on any atom is -0.340 e. The predicted octanol–water partition coefficient (Wildman–Crippen LogP) is 2.14. The van der Waals surface area contributed by atoms with Gasteiger partial charge in [0.05, 0.1) is 21.6 Å². The van der Waals surface area contributed by atoms with Crippen LogP contribution in [-0.4, -0.2) is 63.3 Å². The number of likely N-dealkylation sites (N-methyl/N-ethyl adjacent to an activating group) is 1. The van der Waals surface area contributed by atoms with Crippen LogP contribution in [0.5, 0.6) is 0 Å². The van der Waals surface area contributed by atoms with Crippen molar-refractivity contribution in [2.24, 2.45) is 0 Å². The van der Waals surface area contributed by atoms with Crippen molar-refractivity contribution >= 4 is 28.4 Å². The summed E-state index contributed by atoms with van der Waals surface area (Å²) in [5, 5.41) is 3.17. The van der Waals surface area contributed by atoms with Crippen LogP contribution in [0.4, 0.5) is 4.39 Å². The highest BCUT2D eigenvalue weighted by molar-refractivity contribution is 6.30. The van der Waals surface area contributed by atoms with Gasteiger partial charge < -0.3 is 14.4 Å². The van der Waals surface area contributed by atoms with Crippen LogP contribution in [0.1, 0.15) is 18.5 Å². The van der Waals surface area contributed by atoms with Gasteiger partial charge in [-0.2, -0.15) is 0 Å². The summed E-state index contributed by atoms with van der Waals surface area (Å²) < 4.78 is 16.3. The van der Waals surface area contributed by atoms with E-state index in [-0.39, 0.29) is 22.0 Å². The molecule has 0 unspecified atom stereocenters. The van der Waals surface area contributed by atoms with Crippen LogP contribution in [0.2, 0.25) is 5.02 Å². The molecule has 1 fully saturated rings. The van der Waals surface area contributed by atoms with E-state index < -0.39 is 5.82 Å². The zero-order valence-electron chi connectivity index (χ0n) is 18.0. The van der Waals surface area contributed by atoms with Crippen molar-refractivity contribution in [3.05, 3.63) is 61.5 Å². The van der Waals surface area contributed by atoms with E-state index >= 15 is 0 Å². The second-order valence-electron chi connectivity index (χ2n) is 8.15. The molecule has 2 aromatic heterocycles. The second kappa shape index (κ2) is 8.91. The van der Waals surface area contributed by atoms with E-state index in [9.17, 15) is 18.8 Å². The quantitative estimate of drug-likeness (QED) is 0.631. The number of carbonyl (C=O) groups excluding carboxylic acids is 1. The van der Waals surface area contributed by atoms with Gasteiger partial charge in [-0.25, -0.2) is 9.07 Å². The van der Waals surface area contributed by atoms with E-state index in [1.807, 2.05) is 11.9 Å². The fraction of sp³-hybridized carbons (Fsp3) is 0.409. The maximum absolute atomic E-state index is 13.5. The van der Waals surface area contributed by atoms with Crippen LogP contribution in [-0.2, 0) is 11.3 Å². The van der Waals surface area contributed by atoms with E-state index in [2.05, 4.69) is 10.00 Å². The van der Waals surface area contributed by atoms with Gasteiger partial charge in [0.2, 0.25) is 5.91 Å². The van der Waals surface area contributed by atoms with E-state index in [0.29, 0.717) is 41.7 Å². The molecule has 0 bridgehead atoms. The van der Waals surface area contributed by atoms with Gasteiger partial charge in [-0.3, -0.25) is 19.5 Å². The lowest BCUT2D eigenvalue weighted by Gasteiger charge is -2.32. The van der Waals surface area contributed by atoms with Gasteiger partial charge in [0.25, 0.3) is 11.1 Å². The lowest BCUT2D eigenvalue weighted by molar-refractivity contribution is -0.132. The zero-order chi connectivity index (χ0) is 23.0. The van der Waals surface area contributed by atoms with Crippen molar-refractivity contribution in [3.8, 4) is 5.69 Å². The van der Waals surface area contributed by atoms with E-state index in [1.54, 1.807) is 6.92 Å². The number of rotatable bonds is 5. The molecular formula is C22H25ClFN5O3. The van der Waals surface area contributed by atoms with Gasteiger partial charge in [0.15, 0.2) is 0 Å². The normalized spacial score (nSPS) is 14.9. The molecule has 1 saturated heterocycles. The Morgan fingerprint density at radius 2 is 1.88 bits per heavy atom. The zero-order valence-corrected chi connectivity index (χ0v) is 18.8. The maximum Gasteiger partial charge on any atom is 0.280 e. The van der Waals surface area contributed by atoms with E-state index in [0.717, 1.165) is 26.2 Å². The number of aromatic nitrogens is 3. The molecule has 4 rings (SSSR count). The first kappa shape index (κ1) is 22.3. The number of nitrogens with zero attached hydrogens (tertiary/aromatic N) is 4. The lowest BCUT2D eigenvalue weighted by atomic mass is 10.2. The Kier molecular flexibility index (Phi) is 6.21. The van der Waals surface area contributed by atoms with Gasteiger partial charge in [-0.1, -0.05) is 11.6 Å². The molecule has 0 atom stereocenters. The fourth-order valence-electron chi connectivity index (χ4n) is 4.10.